The van der Waals surface area contributed by atoms with Crippen LogP contribution in [-0.2, 0) is 0 Å². The molecule has 5 heteroatoms. The summed E-state index contributed by atoms with van der Waals surface area (Å²) in [5.41, 5.74) is 0.987. The lowest BCUT2D eigenvalue weighted by Crippen LogP contribution is -2.26. The van der Waals surface area contributed by atoms with Crippen molar-refractivity contribution in [2.45, 2.75) is 25.3 Å². The average Bonchev–Trinajstić information content (AvgIpc) is 2.89. The Morgan fingerprint density at radius 2 is 1.95 bits per heavy atom. The SMILES string of the molecule is CC(Cl)c1ccc(C(=O)NC(C)c2ccncc2)o1. The highest BCUT2D eigenvalue weighted by atomic mass is 35.5. The van der Waals surface area contributed by atoms with Crippen LogP contribution in [0.5, 0.6) is 0 Å². The molecule has 100 valence electrons. The van der Waals surface area contributed by atoms with Crippen molar-refractivity contribution >= 4 is 17.5 Å². The van der Waals surface area contributed by atoms with Gasteiger partial charge in [-0.05, 0) is 43.7 Å². The fraction of sp³-hybridized carbons (Fsp3) is 0.286. The molecule has 0 aliphatic carbocycles. The van der Waals surface area contributed by atoms with Crippen molar-refractivity contribution in [3.8, 4) is 0 Å². The Balaban J connectivity index is 2.04. The number of aromatic nitrogens is 1. The van der Waals surface area contributed by atoms with E-state index >= 15 is 0 Å². The molecule has 2 atom stereocenters. The van der Waals surface area contributed by atoms with E-state index in [4.69, 9.17) is 16.0 Å². The molecule has 2 rings (SSSR count). The van der Waals surface area contributed by atoms with Crippen molar-refractivity contribution in [1.29, 1.82) is 0 Å². The Morgan fingerprint density at radius 3 is 2.53 bits per heavy atom. The lowest BCUT2D eigenvalue weighted by Gasteiger charge is -2.12. The first-order valence-corrected chi connectivity index (χ1v) is 6.46. The molecular weight excluding hydrogens is 264 g/mol. The van der Waals surface area contributed by atoms with E-state index < -0.39 is 0 Å². The lowest BCUT2D eigenvalue weighted by atomic mass is 10.1. The van der Waals surface area contributed by atoms with Gasteiger partial charge < -0.3 is 9.73 Å². The Labute approximate surface area is 116 Å². The van der Waals surface area contributed by atoms with Crippen molar-refractivity contribution in [3.63, 3.8) is 0 Å². The largest absolute Gasteiger partial charge is 0.454 e. The minimum atomic E-state index is -0.257. The summed E-state index contributed by atoms with van der Waals surface area (Å²) in [6.45, 7) is 3.70. The quantitative estimate of drug-likeness (QED) is 0.871. The zero-order valence-corrected chi connectivity index (χ0v) is 11.5. The third-order valence-corrected chi connectivity index (χ3v) is 3.01. The number of carbonyl (C=O) groups excluding carboxylic acids is 1. The van der Waals surface area contributed by atoms with Crippen LogP contribution < -0.4 is 5.32 Å². The van der Waals surface area contributed by atoms with E-state index in [9.17, 15) is 4.79 Å². The Kier molecular flexibility index (Phi) is 4.22. The van der Waals surface area contributed by atoms with E-state index in [0.29, 0.717) is 5.76 Å². The number of nitrogens with one attached hydrogen (secondary N) is 1. The molecule has 2 aromatic rings. The van der Waals surface area contributed by atoms with Gasteiger partial charge >= 0.3 is 0 Å². The van der Waals surface area contributed by atoms with Gasteiger partial charge in [-0.3, -0.25) is 9.78 Å². The van der Waals surface area contributed by atoms with Crippen LogP contribution in [0.3, 0.4) is 0 Å². The van der Waals surface area contributed by atoms with E-state index in [1.165, 1.54) is 0 Å². The third kappa shape index (κ3) is 3.35. The van der Waals surface area contributed by atoms with Gasteiger partial charge in [-0.15, -0.1) is 11.6 Å². The van der Waals surface area contributed by atoms with Gasteiger partial charge in [-0.1, -0.05) is 0 Å². The molecule has 0 radical (unpaired) electrons. The first-order chi connectivity index (χ1) is 9.08. The molecule has 4 nitrogen and oxygen atoms in total. The maximum Gasteiger partial charge on any atom is 0.287 e. The Bertz CT molecular complexity index is 552. The highest BCUT2D eigenvalue weighted by molar-refractivity contribution is 6.20. The minimum Gasteiger partial charge on any atom is -0.454 e. The van der Waals surface area contributed by atoms with Crippen LogP contribution in [-0.4, -0.2) is 10.9 Å². The molecule has 0 aliphatic rings. The number of amides is 1. The first kappa shape index (κ1) is 13.6. The van der Waals surface area contributed by atoms with Gasteiger partial charge in [0.15, 0.2) is 5.76 Å². The number of carbonyl (C=O) groups is 1. The number of hydrogen-bond donors (Lipinski definition) is 1. The van der Waals surface area contributed by atoms with E-state index in [0.717, 1.165) is 5.56 Å². The Hall–Kier alpha value is -1.81. The van der Waals surface area contributed by atoms with E-state index in [-0.39, 0.29) is 23.1 Å². The van der Waals surface area contributed by atoms with Crippen LogP contribution in [0, 0.1) is 0 Å². The lowest BCUT2D eigenvalue weighted by molar-refractivity contribution is 0.0910. The number of pyridine rings is 1. The predicted octanol–water partition coefficient (Wildman–Crippen LogP) is 3.47. The van der Waals surface area contributed by atoms with Crippen LogP contribution in [0.4, 0.5) is 0 Å². The van der Waals surface area contributed by atoms with E-state index in [2.05, 4.69) is 10.3 Å². The van der Waals surface area contributed by atoms with Crippen LogP contribution in [0.1, 0.15) is 47.1 Å². The van der Waals surface area contributed by atoms with Crippen molar-refractivity contribution in [3.05, 3.63) is 53.7 Å². The number of furan rings is 1. The number of nitrogens with zero attached hydrogens (tertiary/aromatic N) is 1. The molecule has 0 spiro atoms. The number of rotatable bonds is 4. The second kappa shape index (κ2) is 5.89. The van der Waals surface area contributed by atoms with Crippen molar-refractivity contribution < 1.29 is 9.21 Å². The molecule has 2 aromatic heterocycles. The van der Waals surface area contributed by atoms with Gasteiger partial charge in [0.05, 0.1) is 11.4 Å². The summed E-state index contributed by atoms with van der Waals surface area (Å²) in [4.78, 5) is 15.9. The van der Waals surface area contributed by atoms with Gasteiger partial charge in [0.25, 0.3) is 5.91 Å². The monoisotopic (exact) mass is 278 g/mol. The molecule has 1 N–H and O–H groups in total. The zero-order valence-electron chi connectivity index (χ0n) is 10.8. The van der Waals surface area contributed by atoms with Gasteiger partial charge in [0.1, 0.15) is 5.76 Å². The normalized spacial score (nSPS) is 13.8. The maximum atomic E-state index is 12.0. The zero-order chi connectivity index (χ0) is 13.8. The van der Waals surface area contributed by atoms with Crippen LogP contribution >= 0.6 is 11.6 Å². The van der Waals surface area contributed by atoms with Crippen LogP contribution in [0.25, 0.3) is 0 Å². The van der Waals surface area contributed by atoms with E-state index in [1.54, 1.807) is 31.5 Å². The molecule has 0 saturated heterocycles. The summed E-state index contributed by atoms with van der Waals surface area (Å²) in [6, 6.07) is 6.95. The highest BCUT2D eigenvalue weighted by Crippen LogP contribution is 2.22. The average molecular weight is 279 g/mol. The summed E-state index contributed by atoms with van der Waals surface area (Å²) in [5, 5.41) is 2.61. The van der Waals surface area contributed by atoms with Gasteiger partial charge in [0, 0.05) is 12.4 Å². The van der Waals surface area contributed by atoms with Crippen LogP contribution in [0.2, 0.25) is 0 Å². The van der Waals surface area contributed by atoms with Crippen molar-refractivity contribution in [2.75, 3.05) is 0 Å². The van der Waals surface area contributed by atoms with Crippen molar-refractivity contribution in [1.82, 2.24) is 10.3 Å². The standard InChI is InChI=1S/C14H15ClN2O2/c1-9(15)12-3-4-13(19-12)14(18)17-10(2)11-5-7-16-8-6-11/h3-10H,1-2H3,(H,17,18). The molecule has 0 aromatic carbocycles. The highest BCUT2D eigenvalue weighted by Gasteiger charge is 2.16. The molecule has 2 heterocycles. The van der Waals surface area contributed by atoms with Gasteiger partial charge in [-0.25, -0.2) is 0 Å². The fourth-order valence-corrected chi connectivity index (χ4v) is 1.81. The van der Waals surface area contributed by atoms with Crippen molar-refractivity contribution in [2.24, 2.45) is 0 Å². The topological polar surface area (TPSA) is 55.1 Å². The molecular formula is C14H15ClN2O2. The Morgan fingerprint density at radius 1 is 1.26 bits per heavy atom. The minimum absolute atomic E-state index is 0.113. The van der Waals surface area contributed by atoms with Gasteiger partial charge in [-0.2, -0.15) is 0 Å². The molecule has 0 aliphatic heterocycles. The molecule has 1 amide bonds. The fourth-order valence-electron chi connectivity index (χ4n) is 1.69. The summed E-state index contributed by atoms with van der Waals surface area (Å²) in [5.74, 6) is 0.597. The number of halogens is 1. The van der Waals surface area contributed by atoms with Crippen LogP contribution in [0.15, 0.2) is 41.1 Å². The van der Waals surface area contributed by atoms with Gasteiger partial charge in [0.2, 0.25) is 0 Å². The summed E-state index contributed by atoms with van der Waals surface area (Å²) < 4.78 is 5.39. The second-order valence-corrected chi connectivity index (χ2v) is 4.95. The molecule has 0 fully saturated rings. The van der Waals surface area contributed by atoms with E-state index in [1.807, 2.05) is 19.1 Å². The number of alkyl halides is 1. The smallest absolute Gasteiger partial charge is 0.287 e. The predicted molar refractivity (Wildman–Crippen MR) is 73.1 cm³/mol. The molecule has 2 unspecified atom stereocenters. The third-order valence-electron chi connectivity index (χ3n) is 2.80. The molecule has 0 saturated carbocycles. The molecule has 0 bridgehead atoms. The molecule has 19 heavy (non-hydrogen) atoms. The first-order valence-electron chi connectivity index (χ1n) is 6.02. The summed E-state index contributed by atoms with van der Waals surface area (Å²) in [7, 11) is 0. The second-order valence-electron chi connectivity index (χ2n) is 4.29. The number of hydrogen-bond acceptors (Lipinski definition) is 3. The summed E-state index contributed by atoms with van der Waals surface area (Å²) >= 11 is 5.89. The summed E-state index contributed by atoms with van der Waals surface area (Å²) in [6.07, 6.45) is 3.39. The maximum absolute atomic E-state index is 12.0.